The summed E-state index contributed by atoms with van der Waals surface area (Å²) in [5.41, 5.74) is 0. The molecule has 1 aliphatic rings. The highest BCUT2D eigenvalue weighted by molar-refractivity contribution is 7.98. The summed E-state index contributed by atoms with van der Waals surface area (Å²) in [5, 5.41) is 3.62. The second-order valence-electron chi connectivity index (χ2n) is 5.09. The van der Waals surface area contributed by atoms with Gasteiger partial charge in [-0.15, -0.1) is 0 Å². The lowest BCUT2D eigenvalue weighted by Crippen LogP contribution is -2.56. The predicted octanol–water partition coefficient (Wildman–Crippen LogP) is 2.45. The van der Waals surface area contributed by atoms with E-state index in [0.29, 0.717) is 6.04 Å². The van der Waals surface area contributed by atoms with E-state index in [4.69, 9.17) is 0 Å². The van der Waals surface area contributed by atoms with Crippen molar-refractivity contribution in [3.8, 4) is 0 Å². The molecular formula is C13H28N2S. The van der Waals surface area contributed by atoms with E-state index < -0.39 is 0 Å². The SMILES string of the molecule is CCNC1CCN(C(C)CSC)C(C)C1C. The smallest absolute Gasteiger partial charge is 0.0160 e. The van der Waals surface area contributed by atoms with E-state index in [2.05, 4.69) is 44.2 Å². The molecule has 1 fully saturated rings. The molecule has 0 aliphatic carbocycles. The lowest BCUT2D eigenvalue weighted by Gasteiger charge is -2.45. The van der Waals surface area contributed by atoms with Crippen LogP contribution in [0.5, 0.6) is 0 Å². The van der Waals surface area contributed by atoms with Crippen LogP contribution in [0.3, 0.4) is 0 Å². The number of likely N-dealkylation sites (tertiary alicyclic amines) is 1. The van der Waals surface area contributed by atoms with Crippen LogP contribution in [0.2, 0.25) is 0 Å². The molecule has 16 heavy (non-hydrogen) atoms. The number of nitrogens with zero attached hydrogens (tertiary/aromatic N) is 1. The van der Waals surface area contributed by atoms with Crippen molar-refractivity contribution in [2.75, 3.05) is 25.1 Å². The van der Waals surface area contributed by atoms with Gasteiger partial charge >= 0.3 is 0 Å². The Balaban J connectivity index is 2.53. The molecule has 3 heteroatoms. The second kappa shape index (κ2) is 6.87. The molecule has 0 aromatic heterocycles. The Morgan fingerprint density at radius 1 is 1.44 bits per heavy atom. The first-order valence-corrected chi connectivity index (χ1v) is 7.99. The summed E-state index contributed by atoms with van der Waals surface area (Å²) >= 11 is 1.96. The number of nitrogens with one attached hydrogen (secondary N) is 1. The second-order valence-corrected chi connectivity index (χ2v) is 6.01. The largest absolute Gasteiger partial charge is 0.314 e. The van der Waals surface area contributed by atoms with Gasteiger partial charge in [-0.2, -0.15) is 11.8 Å². The number of hydrogen-bond donors (Lipinski definition) is 1. The Morgan fingerprint density at radius 2 is 2.12 bits per heavy atom. The third-order valence-corrected chi connectivity index (χ3v) is 4.87. The standard InChI is InChI=1S/C13H28N2S/c1-6-14-13-7-8-15(10(2)9-16-5)12(4)11(13)3/h10-14H,6-9H2,1-5H3. The van der Waals surface area contributed by atoms with Crippen molar-refractivity contribution in [3.63, 3.8) is 0 Å². The molecule has 4 unspecified atom stereocenters. The van der Waals surface area contributed by atoms with Crippen LogP contribution in [0, 0.1) is 5.92 Å². The van der Waals surface area contributed by atoms with Gasteiger partial charge in [-0.05, 0) is 39.0 Å². The van der Waals surface area contributed by atoms with Gasteiger partial charge in [-0.25, -0.2) is 0 Å². The minimum absolute atomic E-state index is 0.708. The summed E-state index contributed by atoms with van der Waals surface area (Å²) in [6.07, 6.45) is 3.51. The van der Waals surface area contributed by atoms with Crippen LogP contribution < -0.4 is 5.32 Å². The zero-order valence-corrected chi connectivity index (χ0v) is 12.3. The average Bonchev–Trinajstić information content (AvgIpc) is 2.25. The normalized spacial score (nSPS) is 33.9. The van der Waals surface area contributed by atoms with E-state index in [-0.39, 0.29) is 0 Å². The van der Waals surface area contributed by atoms with Gasteiger partial charge < -0.3 is 5.32 Å². The van der Waals surface area contributed by atoms with Crippen LogP contribution in [0.15, 0.2) is 0 Å². The van der Waals surface area contributed by atoms with Gasteiger partial charge in [0, 0.05) is 30.4 Å². The first-order valence-electron chi connectivity index (χ1n) is 6.59. The topological polar surface area (TPSA) is 15.3 Å². The number of rotatable bonds is 5. The summed E-state index contributed by atoms with van der Waals surface area (Å²) in [7, 11) is 0. The summed E-state index contributed by atoms with van der Waals surface area (Å²) in [6.45, 7) is 11.7. The Labute approximate surface area is 106 Å². The number of piperidine rings is 1. The molecule has 0 aromatic rings. The van der Waals surface area contributed by atoms with E-state index in [1.54, 1.807) is 0 Å². The van der Waals surface area contributed by atoms with E-state index >= 15 is 0 Å². The first-order chi connectivity index (χ1) is 7.61. The third kappa shape index (κ3) is 3.38. The predicted molar refractivity (Wildman–Crippen MR) is 75.3 cm³/mol. The van der Waals surface area contributed by atoms with Crippen LogP contribution in [0.1, 0.15) is 34.1 Å². The van der Waals surface area contributed by atoms with E-state index in [0.717, 1.165) is 24.5 Å². The van der Waals surface area contributed by atoms with Crippen LogP contribution in [-0.2, 0) is 0 Å². The van der Waals surface area contributed by atoms with Gasteiger partial charge in [0.25, 0.3) is 0 Å². The van der Waals surface area contributed by atoms with Crippen LogP contribution in [-0.4, -0.2) is 48.1 Å². The molecular weight excluding hydrogens is 216 g/mol. The minimum atomic E-state index is 0.708. The van der Waals surface area contributed by atoms with Crippen molar-refractivity contribution in [1.82, 2.24) is 10.2 Å². The Kier molecular flexibility index (Phi) is 6.16. The molecule has 1 N–H and O–H groups in total. The maximum absolute atomic E-state index is 3.62. The fourth-order valence-corrected chi connectivity index (χ4v) is 3.58. The fraction of sp³-hybridized carbons (Fsp3) is 1.00. The third-order valence-electron chi connectivity index (χ3n) is 4.06. The molecule has 2 nitrogen and oxygen atoms in total. The number of hydrogen-bond acceptors (Lipinski definition) is 3. The molecule has 4 atom stereocenters. The Morgan fingerprint density at radius 3 is 2.69 bits per heavy atom. The Hall–Kier alpha value is 0.270. The fourth-order valence-electron chi connectivity index (χ4n) is 2.90. The molecule has 96 valence electrons. The highest BCUT2D eigenvalue weighted by atomic mass is 32.2. The van der Waals surface area contributed by atoms with Crippen LogP contribution in [0.4, 0.5) is 0 Å². The summed E-state index contributed by atoms with van der Waals surface area (Å²) < 4.78 is 0. The lowest BCUT2D eigenvalue weighted by atomic mass is 9.86. The molecule has 0 radical (unpaired) electrons. The summed E-state index contributed by atoms with van der Waals surface area (Å²) in [5.74, 6) is 2.01. The van der Waals surface area contributed by atoms with Gasteiger partial charge in [-0.1, -0.05) is 13.8 Å². The first kappa shape index (κ1) is 14.3. The van der Waals surface area contributed by atoms with Crippen molar-refractivity contribution in [3.05, 3.63) is 0 Å². The van der Waals surface area contributed by atoms with Crippen molar-refractivity contribution in [2.45, 2.75) is 52.2 Å². The van der Waals surface area contributed by atoms with Crippen molar-refractivity contribution in [1.29, 1.82) is 0 Å². The summed E-state index contributed by atoms with van der Waals surface area (Å²) in [6, 6.07) is 2.15. The molecule has 0 amide bonds. The van der Waals surface area contributed by atoms with E-state index in [1.807, 2.05) is 11.8 Å². The zero-order valence-electron chi connectivity index (χ0n) is 11.5. The maximum Gasteiger partial charge on any atom is 0.0160 e. The Bertz CT molecular complexity index is 198. The number of thioether (sulfide) groups is 1. The molecule has 1 heterocycles. The lowest BCUT2D eigenvalue weighted by molar-refractivity contribution is 0.0612. The van der Waals surface area contributed by atoms with Gasteiger partial charge in [0.15, 0.2) is 0 Å². The highest BCUT2D eigenvalue weighted by Crippen LogP contribution is 2.26. The van der Waals surface area contributed by atoms with Gasteiger partial charge in [0.05, 0.1) is 0 Å². The van der Waals surface area contributed by atoms with E-state index in [9.17, 15) is 0 Å². The minimum Gasteiger partial charge on any atom is -0.314 e. The molecule has 1 aliphatic heterocycles. The highest BCUT2D eigenvalue weighted by Gasteiger charge is 2.33. The summed E-state index contributed by atoms with van der Waals surface area (Å²) in [4.78, 5) is 2.69. The van der Waals surface area contributed by atoms with Gasteiger partial charge in [-0.3, -0.25) is 4.90 Å². The van der Waals surface area contributed by atoms with Crippen molar-refractivity contribution in [2.24, 2.45) is 5.92 Å². The van der Waals surface area contributed by atoms with Crippen molar-refractivity contribution >= 4 is 11.8 Å². The maximum atomic E-state index is 3.62. The monoisotopic (exact) mass is 244 g/mol. The molecule has 0 spiro atoms. The average molecular weight is 244 g/mol. The van der Waals surface area contributed by atoms with E-state index in [1.165, 1.54) is 18.7 Å². The molecule has 1 saturated heterocycles. The van der Waals surface area contributed by atoms with Crippen LogP contribution >= 0.6 is 11.8 Å². The van der Waals surface area contributed by atoms with Gasteiger partial charge in [0.2, 0.25) is 0 Å². The van der Waals surface area contributed by atoms with Crippen molar-refractivity contribution < 1.29 is 0 Å². The quantitative estimate of drug-likeness (QED) is 0.800. The molecule has 0 saturated carbocycles. The van der Waals surface area contributed by atoms with Crippen LogP contribution in [0.25, 0.3) is 0 Å². The zero-order chi connectivity index (χ0) is 12.1. The molecule has 1 rings (SSSR count). The molecule has 0 bridgehead atoms. The van der Waals surface area contributed by atoms with Gasteiger partial charge in [0.1, 0.15) is 0 Å². The molecule has 0 aromatic carbocycles.